The second-order valence-electron chi connectivity index (χ2n) is 6.77. The van der Waals surface area contributed by atoms with Gasteiger partial charge in [-0.05, 0) is 38.1 Å². The predicted molar refractivity (Wildman–Crippen MR) is 99.0 cm³/mol. The van der Waals surface area contributed by atoms with Crippen molar-refractivity contribution in [2.75, 3.05) is 32.6 Å². The van der Waals surface area contributed by atoms with Crippen molar-refractivity contribution in [1.82, 2.24) is 14.9 Å². The van der Waals surface area contributed by atoms with Crippen LogP contribution in [0.2, 0.25) is 0 Å². The summed E-state index contributed by atoms with van der Waals surface area (Å²) in [6.07, 6.45) is 2.06. The van der Waals surface area contributed by atoms with Gasteiger partial charge in [0.05, 0.1) is 10.6 Å². The van der Waals surface area contributed by atoms with Crippen molar-refractivity contribution in [3.05, 3.63) is 18.2 Å². The minimum Gasteiger partial charge on any atom is -0.482 e. The van der Waals surface area contributed by atoms with E-state index in [2.05, 4.69) is 20.3 Å². The van der Waals surface area contributed by atoms with Crippen molar-refractivity contribution in [3.8, 4) is 5.75 Å². The lowest BCUT2D eigenvalue weighted by molar-refractivity contribution is -0.121. The number of hydrogen-bond acceptors (Lipinski definition) is 6. The van der Waals surface area contributed by atoms with Gasteiger partial charge in [-0.3, -0.25) is 14.5 Å². The lowest BCUT2D eigenvalue weighted by atomic mass is 10.1. The largest absolute Gasteiger partial charge is 0.482 e. The standard InChI is InChI=1S/C17H24N4O5S/c1-18-16(22)7-11-3-4-12(21(11)2)9-19-27(24,25)13-5-6-15-14(8-13)20-17(23)10-26-15/h5-6,8,11-12,19H,3-4,7,9-10H2,1-2H3,(H,18,22)(H,20,23)/t11-,12+/m1/s1. The Morgan fingerprint density at radius 2 is 2.07 bits per heavy atom. The fourth-order valence-electron chi connectivity index (χ4n) is 3.42. The molecule has 9 nitrogen and oxygen atoms in total. The molecule has 0 bridgehead atoms. The fourth-order valence-corrected chi connectivity index (χ4v) is 4.52. The molecule has 148 valence electrons. The smallest absolute Gasteiger partial charge is 0.262 e. The lowest BCUT2D eigenvalue weighted by Crippen LogP contribution is -2.42. The zero-order valence-corrected chi connectivity index (χ0v) is 16.1. The molecule has 3 rings (SSSR count). The van der Waals surface area contributed by atoms with Crippen LogP contribution in [0.5, 0.6) is 5.75 Å². The minimum absolute atomic E-state index is 0.0218. The Morgan fingerprint density at radius 1 is 1.33 bits per heavy atom. The van der Waals surface area contributed by atoms with E-state index < -0.39 is 10.0 Å². The maximum absolute atomic E-state index is 12.6. The van der Waals surface area contributed by atoms with E-state index in [0.29, 0.717) is 17.9 Å². The summed E-state index contributed by atoms with van der Waals surface area (Å²) in [7, 11) is -0.216. The minimum atomic E-state index is -3.73. The molecule has 0 saturated carbocycles. The van der Waals surface area contributed by atoms with Gasteiger partial charge in [-0.2, -0.15) is 0 Å². The summed E-state index contributed by atoms with van der Waals surface area (Å²) in [5.41, 5.74) is 0.345. The summed E-state index contributed by atoms with van der Waals surface area (Å²) in [5.74, 6) is 0.104. The number of hydrogen-bond donors (Lipinski definition) is 3. The van der Waals surface area contributed by atoms with Crippen LogP contribution in [0.3, 0.4) is 0 Å². The van der Waals surface area contributed by atoms with Crippen LogP contribution in [0.1, 0.15) is 19.3 Å². The number of carbonyl (C=O) groups excluding carboxylic acids is 2. The molecule has 2 aliphatic heterocycles. The van der Waals surface area contributed by atoms with E-state index in [9.17, 15) is 18.0 Å². The Balaban J connectivity index is 1.63. The summed E-state index contributed by atoms with van der Waals surface area (Å²) < 4.78 is 33.1. The van der Waals surface area contributed by atoms with Crippen LogP contribution in [0, 0.1) is 0 Å². The van der Waals surface area contributed by atoms with E-state index in [1.54, 1.807) is 7.05 Å². The van der Waals surface area contributed by atoms with Crippen LogP contribution >= 0.6 is 0 Å². The summed E-state index contributed by atoms with van der Waals surface area (Å²) in [6, 6.07) is 4.50. The number of sulfonamides is 1. The maximum Gasteiger partial charge on any atom is 0.262 e. The van der Waals surface area contributed by atoms with Crippen LogP contribution in [0.15, 0.2) is 23.1 Å². The van der Waals surface area contributed by atoms with E-state index in [1.165, 1.54) is 18.2 Å². The second kappa shape index (κ2) is 7.83. The zero-order valence-electron chi connectivity index (χ0n) is 15.3. The monoisotopic (exact) mass is 396 g/mol. The molecule has 10 heteroatoms. The number of likely N-dealkylation sites (tertiary alicyclic amines) is 1. The third-order valence-corrected chi connectivity index (χ3v) is 6.51. The Hall–Kier alpha value is -2.17. The highest BCUT2D eigenvalue weighted by atomic mass is 32.2. The molecule has 27 heavy (non-hydrogen) atoms. The average molecular weight is 396 g/mol. The first-order valence-electron chi connectivity index (χ1n) is 8.79. The third-order valence-electron chi connectivity index (χ3n) is 5.09. The van der Waals surface area contributed by atoms with E-state index in [0.717, 1.165) is 12.8 Å². The third kappa shape index (κ3) is 4.40. The Labute approximate surface area is 158 Å². The molecule has 2 aliphatic rings. The Morgan fingerprint density at radius 3 is 2.81 bits per heavy atom. The molecule has 2 atom stereocenters. The van der Waals surface area contributed by atoms with Crippen LogP contribution in [0.25, 0.3) is 0 Å². The van der Waals surface area contributed by atoms with Gasteiger partial charge in [0.15, 0.2) is 6.61 Å². The Kier molecular flexibility index (Phi) is 5.68. The first-order chi connectivity index (χ1) is 12.8. The van der Waals surface area contributed by atoms with Crippen molar-refractivity contribution in [3.63, 3.8) is 0 Å². The fraction of sp³-hybridized carbons (Fsp3) is 0.529. The number of fused-ring (bicyclic) bond motifs is 1. The predicted octanol–water partition coefficient (Wildman–Crippen LogP) is -0.105. The molecule has 0 aromatic heterocycles. The van der Waals surface area contributed by atoms with E-state index in [4.69, 9.17) is 4.74 Å². The molecule has 0 unspecified atom stereocenters. The number of rotatable bonds is 6. The highest BCUT2D eigenvalue weighted by Crippen LogP contribution is 2.30. The quantitative estimate of drug-likeness (QED) is 0.618. The number of likely N-dealkylation sites (N-methyl/N-ethyl adjacent to an activating group) is 1. The first-order valence-corrected chi connectivity index (χ1v) is 10.3. The van der Waals surface area contributed by atoms with Gasteiger partial charge >= 0.3 is 0 Å². The number of ether oxygens (including phenoxy) is 1. The van der Waals surface area contributed by atoms with Crippen LogP contribution in [-0.4, -0.2) is 64.5 Å². The SMILES string of the molecule is CNC(=O)C[C@H]1CC[C@@H](CNS(=O)(=O)c2ccc3c(c2)NC(=O)CO3)N1C. The summed E-state index contributed by atoms with van der Waals surface area (Å²) in [5, 5.41) is 5.22. The molecule has 2 heterocycles. The van der Waals surface area contributed by atoms with Gasteiger partial charge in [0.25, 0.3) is 5.91 Å². The highest BCUT2D eigenvalue weighted by Gasteiger charge is 2.32. The average Bonchev–Trinajstić information content (AvgIpc) is 2.99. The molecule has 1 aromatic rings. The maximum atomic E-state index is 12.6. The van der Waals surface area contributed by atoms with Gasteiger partial charge < -0.3 is 15.4 Å². The number of carbonyl (C=O) groups is 2. The molecule has 0 radical (unpaired) electrons. The van der Waals surface area contributed by atoms with E-state index >= 15 is 0 Å². The molecule has 1 aromatic carbocycles. The summed E-state index contributed by atoms with van der Waals surface area (Å²) in [4.78, 5) is 25.1. The molecule has 0 aliphatic carbocycles. The number of amides is 2. The van der Waals surface area contributed by atoms with Gasteiger partial charge in [-0.15, -0.1) is 0 Å². The van der Waals surface area contributed by atoms with E-state index in [-0.39, 0.29) is 41.9 Å². The topological polar surface area (TPSA) is 117 Å². The molecule has 1 saturated heterocycles. The molecule has 1 fully saturated rings. The number of benzene rings is 1. The number of nitrogens with zero attached hydrogens (tertiary/aromatic N) is 1. The van der Waals surface area contributed by atoms with Gasteiger partial charge in [-0.25, -0.2) is 13.1 Å². The zero-order chi connectivity index (χ0) is 19.6. The van der Waals surface area contributed by atoms with Crippen molar-refractivity contribution in [2.45, 2.75) is 36.2 Å². The number of nitrogens with one attached hydrogen (secondary N) is 3. The molecule has 0 spiro atoms. The molecule has 2 amide bonds. The molecular formula is C17H24N4O5S. The van der Waals surface area contributed by atoms with Crippen molar-refractivity contribution < 1.29 is 22.7 Å². The lowest BCUT2D eigenvalue weighted by Gasteiger charge is -2.25. The van der Waals surface area contributed by atoms with Crippen molar-refractivity contribution in [1.29, 1.82) is 0 Å². The summed E-state index contributed by atoms with van der Waals surface area (Å²) >= 11 is 0. The van der Waals surface area contributed by atoms with Crippen LogP contribution in [-0.2, 0) is 19.6 Å². The van der Waals surface area contributed by atoms with Gasteiger partial charge in [-0.1, -0.05) is 0 Å². The normalized spacial score (nSPS) is 22.7. The van der Waals surface area contributed by atoms with Gasteiger partial charge in [0.1, 0.15) is 5.75 Å². The molecular weight excluding hydrogens is 372 g/mol. The van der Waals surface area contributed by atoms with Gasteiger partial charge in [0, 0.05) is 32.1 Å². The second-order valence-corrected chi connectivity index (χ2v) is 8.54. The van der Waals surface area contributed by atoms with E-state index in [1.807, 2.05) is 7.05 Å². The highest BCUT2D eigenvalue weighted by molar-refractivity contribution is 7.89. The van der Waals surface area contributed by atoms with Crippen LogP contribution in [0.4, 0.5) is 5.69 Å². The Bertz CT molecular complexity index is 842. The first kappa shape index (κ1) is 19.6. The van der Waals surface area contributed by atoms with Crippen LogP contribution < -0.4 is 20.1 Å². The summed E-state index contributed by atoms with van der Waals surface area (Å²) in [6.45, 7) is 0.172. The molecule has 3 N–H and O–H groups in total. The number of anilines is 1. The van der Waals surface area contributed by atoms with Crippen molar-refractivity contribution >= 4 is 27.5 Å². The van der Waals surface area contributed by atoms with Crippen molar-refractivity contribution in [2.24, 2.45) is 0 Å². The van der Waals surface area contributed by atoms with Gasteiger partial charge in [0.2, 0.25) is 15.9 Å².